The molecule has 0 saturated carbocycles. The molecule has 0 aliphatic rings. The van der Waals surface area contributed by atoms with Crippen LogP contribution in [-0.4, -0.2) is 37.6 Å². The number of hydrogen-bond acceptors (Lipinski definition) is 6. The van der Waals surface area contributed by atoms with Crippen molar-refractivity contribution in [3.8, 4) is 22.6 Å². The standard InChI is InChI=1S/C38H32N2O5S/c1-44-35-18-9-15-30(36(35)45-2)23-33(40-37(42)29-13-7-4-8-14-29)38(43)39-31-16-10-17-32(24-31)46-25-34(41)28-21-19-27(20-22-28)26-11-5-3-6-12-26/h3-24H,25H2,1-2H3,(H,39,43)(H,40,42)/b33-23-. The first-order valence-corrected chi connectivity index (χ1v) is 15.5. The number of hydrogen-bond donors (Lipinski definition) is 2. The van der Waals surface area contributed by atoms with Crippen LogP contribution in [0.25, 0.3) is 17.2 Å². The highest BCUT2D eigenvalue weighted by Crippen LogP contribution is 2.32. The van der Waals surface area contributed by atoms with E-state index in [1.807, 2.05) is 66.7 Å². The van der Waals surface area contributed by atoms with Gasteiger partial charge in [0.1, 0.15) is 5.70 Å². The van der Waals surface area contributed by atoms with Gasteiger partial charge in [-0.2, -0.15) is 0 Å². The van der Waals surface area contributed by atoms with E-state index in [9.17, 15) is 14.4 Å². The summed E-state index contributed by atoms with van der Waals surface area (Å²) in [6, 6.07) is 38.7. The van der Waals surface area contributed by atoms with E-state index < -0.39 is 11.8 Å². The molecule has 0 bridgehead atoms. The molecule has 0 heterocycles. The van der Waals surface area contributed by atoms with E-state index in [2.05, 4.69) is 10.6 Å². The summed E-state index contributed by atoms with van der Waals surface area (Å²) in [7, 11) is 3.03. The zero-order valence-corrected chi connectivity index (χ0v) is 26.2. The summed E-state index contributed by atoms with van der Waals surface area (Å²) in [5.74, 6) is 0.157. The normalized spacial score (nSPS) is 11.0. The van der Waals surface area contributed by atoms with Gasteiger partial charge in [-0.15, -0.1) is 11.8 Å². The van der Waals surface area contributed by atoms with Crippen LogP contribution in [0.3, 0.4) is 0 Å². The Labute approximate surface area is 272 Å². The first-order chi connectivity index (χ1) is 22.4. The summed E-state index contributed by atoms with van der Waals surface area (Å²) in [5, 5.41) is 5.62. The molecule has 46 heavy (non-hydrogen) atoms. The minimum absolute atomic E-state index is 0.000121. The number of ketones is 1. The molecule has 7 nitrogen and oxygen atoms in total. The number of para-hydroxylation sites is 1. The zero-order valence-electron chi connectivity index (χ0n) is 25.4. The van der Waals surface area contributed by atoms with Crippen LogP contribution < -0.4 is 20.1 Å². The smallest absolute Gasteiger partial charge is 0.272 e. The number of methoxy groups -OCH3 is 2. The van der Waals surface area contributed by atoms with Gasteiger partial charge in [-0.1, -0.05) is 91.0 Å². The van der Waals surface area contributed by atoms with Crippen LogP contribution in [0.15, 0.2) is 138 Å². The zero-order chi connectivity index (χ0) is 32.3. The van der Waals surface area contributed by atoms with Crippen LogP contribution in [0, 0.1) is 0 Å². The second-order valence-corrected chi connectivity index (χ2v) is 11.1. The van der Waals surface area contributed by atoms with E-state index >= 15 is 0 Å². The van der Waals surface area contributed by atoms with Crippen molar-refractivity contribution < 1.29 is 23.9 Å². The molecule has 0 aliphatic heterocycles. The summed E-state index contributed by atoms with van der Waals surface area (Å²) < 4.78 is 10.9. The molecule has 8 heteroatoms. The van der Waals surface area contributed by atoms with Crippen molar-refractivity contribution in [1.29, 1.82) is 0 Å². The number of carbonyl (C=O) groups is 3. The van der Waals surface area contributed by atoms with Gasteiger partial charge in [0.15, 0.2) is 17.3 Å². The Hall–Kier alpha value is -5.60. The van der Waals surface area contributed by atoms with Gasteiger partial charge in [0.2, 0.25) is 0 Å². The third kappa shape index (κ3) is 8.11. The van der Waals surface area contributed by atoms with Crippen LogP contribution in [0.2, 0.25) is 0 Å². The number of benzene rings is 5. The first-order valence-electron chi connectivity index (χ1n) is 14.5. The Morgan fingerprint density at radius 3 is 2.07 bits per heavy atom. The number of Topliss-reactive ketones (excluding diaryl/α,β-unsaturated/α-hetero) is 1. The molecule has 0 fully saturated rings. The molecule has 0 spiro atoms. The lowest BCUT2D eigenvalue weighted by atomic mass is 10.0. The van der Waals surface area contributed by atoms with Crippen LogP contribution in [0.1, 0.15) is 26.3 Å². The van der Waals surface area contributed by atoms with Gasteiger partial charge in [0.25, 0.3) is 11.8 Å². The molecule has 5 aromatic rings. The van der Waals surface area contributed by atoms with Crippen molar-refractivity contribution in [3.63, 3.8) is 0 Å². The summed E-state index contributed by atoms with van der Waals surface area (Å²) in [5.41, 5.74) is 4.23. The van der Waals surface area contributed by atoms with E-state index in [0.717, 1.165) is 16.0 Å². The highest BCUT2D eigenvalue weighted by Gasteiger charge is 2.18. The molecule has 2 amide bonds. The fourth-order valence-corrected chi connectivity index (χ4v) is 5.55. The van der Waals surface area contributed by atoms with Gasteiger partial charge in [-0.3, -0.25) is 14.4 Å². The SMILES string of the molecule is COc1cccc(/C=C(\NC(=O)c2ccccc2)C(=O)Nc2cccc(SCC(=O)c3ccc(-c4ccccc4)cc3)c2)c1OC. The van der Waals surface area contributed by atoms with Gasteiger partial charge >= 0.3 is 0 Å². The number of anilines is 1. The minimum atomic E-state index is -0.536. The second-order valence-electron chi connectivity index (χ2n) is 10.1. The predicted molar refractivity (Wildman–Crippen MR) is 183 cm³/mol. The van der Waals surface area contributed by atoms with Gasteiger partial charge in [0, 0.05) is 27.3 Å². The van der Waals surface area contributed by atoms with Crippen molar-refractivity contribution in [2.24, 2.45) is 0 Å². The maximum atomic E-state index is 13.6. The molecule has 0 radical (unpaired) electrons. The monoisotopic (exact) mass is 628 g/mol. The van der Waals surface area contributed by atoms with Crippen LogP contribution in [0.5, 0.6) is 11.5 Å². The lowest BCUT2D eigenvalue weighted by molar-refractivity contribution is -0.113. The Morgan fingerprint density at radius 1 is 0.696 bits per heavy atom. The number of amides is 2. The molecule has 0 saturated heterocycles. The number of nitrogens with one attached hydrogen (secondary N) is 2. The van der Waals surface area contributed by atoms with Crippen molar-refractivity contribution in [2.75, 3.05) is 25.3 Å². The van der Waals surface area contributed by atoms with Crippen LogP contribution in [-0.2, 0) is 4.79 Å². The maximum Gasteiger partial charge on any atom is 0.272 e. The highest BCUT2D eigenvalue weighted by molar-refractivity contribution is 8.00. The van der Waals surface area contributed by atoms with E-state index in [-0.39, 0.29) is 17.2 Å². The Morgan fingerprint density at radius 2 is 1.37 bits per heavy atom. The maximum absolute atomic E-state index is 13.6. The van der Waals surface area contributed by atoms with E-state index in [1.54, 1.807) is 60.7 Å². The quantitative estimate of drug-likeness (QED) is 0.0834. The van der Waals surface area contributed by atoms with Gasteiger partial charge in [0.05, 0.1) is 20.0 Å². The average Bonchev–Trinajstić information content (AvgIpc) is 3.11. The number of ether oxygens (including phenoxy) is 2. The first kappa shape index (κ1) is 31.8. The predicted octanol–water partition coefficient (Wildman–Crippen LogP) is 7.76. The number of thioether (sulfide) groups is 1. The molecule has 230 valence electrons. The molecular formula is C38H32N2O5S. The average molecular weight is 629 g/mol. The Bertz CT molecular complexity index is 1860. The largest absolute Gasteiger partial charge is 0.493 e. The summed E-state index contributed by atoms with van der Waals surface area (Å²) in [4.78, 5) is 40.4. The molecule has 0 atom stereocenters. The minimum Gasteiger partial charge on any atom is -0.493 e. The molecule has 5 rings (SSSR count). The highest BCUT2D eigenvalue weighted by atomic mass is 32.2. The van der Waals surface area contributed by atoms with Crippen LogP contribution >= 0.6 is 11.8 Å². The molecule has 5 aromatic carbocycles. The van der Waals surface area contributed by atoms with Gasteiger partial charge < -0.3 is 20.1 Å². The van der Waals surface area contributed by atoms with Crippen molar-refractivity contribution in [2.45, 2.75) is 4.90 Å². The third-order valence-corrected chi connectivity index (χ3v) is 8.03. The summed E-state index contributed by atoms with van der Waals surface area (Å²) in [6.45, 7) is 0. The number of rotatable bonds is 12. The lowest BCUT2D eigenvalue weighted by Gasteiger charge is -2.14. The molecule has 0 unspecified atom stereocenters. The fourth-order valence-electron chi connectivity index (χ4n) is 4.70. The van der Waals surface area contributed by atoms with E-state index in [0.29, 0.717) is 33.9 Å². The van der Waals surface area contributed by atoms with Crippen LogP contribution in [0.4, 0.5) is 5.69 Å². The van der Waals surface area contributed by atoms with Crippen molar-refractivity contribution in [3.05, 3.63) is 150 Å². The van der Waals surface area contributed by atoms with E-state index in [4.69, 9.17) is 9.47 Å². The molecular weight excluding hydrogens is 596 g/mol. The summed E-state index contributed by atoms with van der Waals surface area (Å²) >= 11 is 1.38. The lowest BCUT2D eigenvalue weighted by Crippen LogP contribution is -2.30. The van der Waals surface area contributed by atoms with Crippen molar-refractivity contribution >= 4 is 41.1 Å². The topological polar surface area (TPSA) is 93.7 Å². The third-order valence-electron chi connectivity index (χ3n) is 7.04. The van der Waals surface area contributed by atoms with Gasteiger partial charge in [-0.25, -0.2) is 0 Å². The van der Waals surface area contributed by atoms with Gasteiger partial charge in [-0.05, 0) is 53.6 Å². The Balaban J connectivity index is 1.30. The fraction of sp³-hybridized carbons (Fsp3) is 0.0789. The second kappa shape index (κ2) is 15.4. The number of carbonyl (C=O) groups excluding carboxylic acids is 3. The molecule has 0 aromatic heterocycles. The Kier molecular flexibility index (Phi) is 10.7. The molecule has 2 N–H and O–H groups in total. The molecule has 0 aliphatic carbocycles. The van der Waals surface area contributed by atoms with E-state index in [1.165, 1.54) is 32.1 Å². The van der Waals surface area contributed by atoms with Crippen molar-refractivity contribution in [1.82, 2.24) is 5.32 Å². The summed E-state index contributed by atoms with van der Waals surface area (Å²) in [6.07, 6.45) is 1.54.